The van der Waals surface area contributed by atoms with Crippen LogP contribution in [0.5, 0.6) is 0 Å². The summed E-state index contributed by atoms with van der Waals surface area (Å²) in [7, 11) is -3.79. The van der Waals surface area contributed by atoms with E-state index < -0.39 is 10.0 Å². The van der Waals surface area contributed by atoms with Gasteiger partial charge in [-0.3, -0.25) is 4.79 Å². The third-order valence-electron chi connectivity index (χ3n) is 5.93. The fourth-order valence-electron chi connectivity index (χ4n) is 4.16. The summed E-state index contributed by atoms with van der Waals surface area (Å²) >= 11 is 1.61. The lowest BCUT2D eigenvalue weighted by atomic mass is 10.1. The monoisotopic (exact) mass is 493 g/mol. The number of ether oxygens (including phenoxy) is 2. The van der Waals surface area contributed by atoms with Crippen molar-refractivity contribution >= 4 is 33.0 Å². The average molecular weight is 494 g/mol. The Kier molecular flexibility index (Phi) is 8.02. The maximum atomic E-state index is 13.6. The van der Waals surface area contributed by atoms with Crippen LogP contribution in [0, 0.1) is 0 Å². The molecule has 1 amide bonds. The fraction of sp³-hybridized carbons (Fsp3) is 0.522. The van der Waals surface area contributed by atoms with Crippen LogP contribution in [0.1, 0.15) is 41.0 Å². The van der Waals surface area contributed by atoms with Crippen molar-refractivity contribution in [1.82, 2.24) is 9.62 Å². The van der Waals surface area contributed by atoms with E-state index in [2.05, 4.69) is 12.2 Å². The van der Waals surface area contributed by atoms with Crippen LogP contribution in [-0.4, -0.2) is 71.2 Å². The number of nitrogens with one attached hydrogen (secondary N) is 1. The molecule has 1 aromatic carbocycles. The first-order valence-corrected chi connectivity index (χ1v) is 13.7. The molecule has 2 aliphatic heterocycles. The van der Waals surface area contributed by atoms with Crippen LogP contribution in [0.15, 0.2) is 40.6 Å². The third-order valence-corrected chi connectivity index (χ3v) is 8.84. The first kappa shape index (κ1) is 24.2. The molecule has 0 saturated carbocycles. The highest BCUT2D eigenvalue weighted by Crippen LogP contribution is 2.31. The van der Waals surface area contributed by atoms with Gasteiger partial charge in [0.25, 0.3) is 5.91 Å². The number of carbonyl (C=O) groups excluding carboxylic acids is 1. The second-order valence-corrected chi connectivity index (χ2v) is 11.0. The summed E-state index contributed by atoms with van der Waals surface area (Å²) in [6.07, 6.45) is 1.74. The number of hydrogen-bond acceptors (Lipinski definition) is 7. The predicted molar refractivity (Wildman–Crippen MR) is 128 cm³/mol. The van der Waals surface area contributed by atoms with Crippen molar-refractivity contribution in [2.75, 3.05) is 57.5 Å². The standard InChI is InChI=1S/C23H31N3O5S2/c1-2-4-19(21-5-3-16-32-21)24-23(27)18-6-7-20(25-8-12-30-13-9-25)22(17-18)33(28,29)26-10-14-31-15-11-26/h3,5-7,16-17,19H,2,4,8-15H2,1H3,(H,24,27). The summed E-state index contributed by atoms with van der Waals surface area (Å²) in [6.45, 7) is 5.71. The minimum Gasteiger partial charge on any atom is -0.379 e. The van der Waals surface area contributed by atoms with E-state index in [0.29, 0.717) is 63.9 Å². The Morgan fingerprint density at radius 3 is 2.42 bits per heavy atom. The fourth-order valence-corrected chi connectivity index (χ4v) is 6.62. The molecule has 4 rings (SSSR count). The zero-order valence-corrected chi connectivity index (χ0v) is 20.5. The zero-order valence-electron chi connectivity index (χ0n) is 18.9. The van der Waals surface area contributed by atoms with Crippen LogP contribution in [0.3, 0.4) is 0 Å². The first-order valence-electron chi connectivity index (χ1n) is 11.4. The van der Waals surface area contributed by atoms with Gasteiger partial charge in [-0.1, -0.05) is 19.4 Å². The molecule has 8 nitrogen and oxygen atoms in total. The van der Waals surface area contributed by atoms with Crippen LogP contribution in [0.25, 0.3) is 0 Å². The van der Waals surface area contributed by atoms with E-state index >= 15 is 0 Å². The van der Waals surface area contributed by atoms with E-state index in [0.717, 1.165) is 17.7 Å². The number of thiophene rings is 1. The van der Waals surface area contributed by atoms with Gasteiger partial charge in [-0.15, -0.1) is 11.3 Å². The summed E-state index contributed by atoms with van der Waals surface area (Å²) in [5.41, 5.74) is 0.959. The molecule has 2 saturated heterocycles. The molecule has 0 bridgehead atoms. The first-order chi connectivity index (χ1) is 16.0. The average Bonchev–Trinajstić information content (AvgIpc) is 3.39. The van der Waals surface area contributed by atoms with Crippen molar-refractivity contribution in [2.45, 2.75) is 30.7 Å². The van der Waals surface area contributed by atoms with Gasteiger partial charge in [0.2, 0.25) is 10.0 Å². The lowest BCUT2D eigenvalue weighted by molar-refractivity contribution is 0.0730. The quantitative estimate of drug-likeness (QED) is 0.609. The summed E-state index contributed by atoms with van der Waals surface area (Å²) < 4.78 is 39.5. The molecule has 3 heterocycles. The Morgan fingerprint density at radius 2 is 1.79 bits per heavy atom. The van der Waals surface area contributed by atoms with Crippen LogP contribution >= 0.6 is 11.3 Å². The Balaban J connectivity index is 1.66. The van der Waals surface area contributed by atoms with Gasteiger partial charge < -0.3 is 19.7 Å². The van der Waals surface area contributed by atoms with Crippen molar-refractivity contribution in [3.63, 3.8) is 0 Å². The highest BCUT2D eigenvalue weighted by molar-refractivity contribution is 7.89. The molecule has 33 heavy (non-hydrogen) atoms. The second kappa shape index (κ2) is 11.0. The molecule has 1 N–H and O–H groups in total. The minimum atomic E-state index is -3.79. The Hall–Kier alpha value is -1.98. The molecule has 1 unspecified atom stereocenters. The molecule has 10 heteroatoms. The number of benzene rings is 1. The number of rotatable bonds is 8. The molecule has 2 fully saturated rings. The number of morpholine rings is 2. The van der Waals surface area contributed by atoms with Crippen LogP contribution in [0.2, 0.25) is 0 Å². The highest BCUT2D eigenvalue weighted by atomic mass is 32.2. The van der Waals surface area contributed by atoms with Crippen molar-refractivity contribution in [3.05, 3.63) is 46.2 Å². The SMILES string of the molecule is CCCC(NC(=O)c1ccc(N2CCOCC2)c(S(=O)(=O)N2CCOCC2)c1)c1cccs1. The summed E-state index contributed by atoms with van der Waals surface area (Å²) in [6, 6.07) is 8.90. The predicted octanol–water partition coefficient (Wildman–Crippen LogP) is 2.88. The van der Waals surface area contributed by atoms with Crippen LogP contribution in [0.4, 0.5) is 5.69 Å². The molecule has 2 aliphatic rings. The molecule has 2 aromatic rings. The van der Waals surface area contributed by atoms with Crippen LogP contribution < -0.4 is 10.2 Å². The molecule has 0 radical (unpaired) electrons. The number of hydrogen-bond donors (Lipinski definition) is 1. The summed E-state index contributed by atoms with van der Waals surface area (Å²) in [5.74, 6) is -0.270. The molecule has 0 spiro atoms. The third kappa shape index (κ3) is 5.58. The van der Waals surface area contributed by atoms with Gasteiger partial charge in [0.15, 0.2) is 0 Å². The molecule has 1 aromatic heterocycles. The zero-order chi connectivity index (χ0) is 23.3. The maximum absolute atomic E-state index is 13.6. The highest BCUT2D eigenvalue weighted by Gasteiger charge is 2.31. The Labute approximate surface area is 199 Å². The van der Waals surface area contributed by atoms with Gasteiger partial charge in [0, 0.05) is 36.6 Å². The Morgan fingerprint density at radius 1 is 1.09 bits per heavy atom. The van der Waals surface area contributed by atoms with Gasteiger partial charge in [0.1, 0.15) is 4.90 Å². The van der Waals surface area contributed by atoms with E-state index in [-0.39, 0.29) is 16.8 Å². The van der Waals surface area contributed by atoms with Crippen molar-refractivity contribution < 1.29 is 22.7 Å². The largest absolute Gasteiger partial charge is 0.379 e. The molecule has 1 atom stereocenters. The number of nitrogens with zero attached hydrogens (tertiary/aromatic N) is 2. The minimum absolute atomic E-state index is 0.0966. The van der Waals surface area contributed by atoms with Gasteiger partial charge in [-0.25, -0.2) is 8.42 Å². The van der Waals surface area contributed by atoms with E-state index in [4.69, 9.17) is 9.47 Å². The van der Waals surface area contributed by atoms with Crippen molar-refractivity contribution in [1.29, 1.82) is 0 Å². The molecule has 180 valence electrons. The lowest BCUT2D eigenvalue weighted by Gasteiger charge is -2.33. The van der Waals surface area contributed by atoms with Gasteiger partial charge >= 0.3 is 0 Å². The number of sulfonamides is 1. The van der Waals surface area contributed by atoms with Crippen molar-refractivity contribution in [3.8, 4) is 0 Å². The van der Waals surface area contributed by atoms with Crippen LogP contribution in [-0.2, 0) is 19.5 Å². The van der Waals surface area contributed by atoms with Gasteiger partial charge in [0.05, 0.1) is 38.2 Å². The maximum Gasteiger partial charge on any atom is 0.251 e. The summed E-state index contributed by atoms with van der Waals surface area (Å²) in [5, 5.41) is 5.10. The van der Waals surface area contributed by atoms with E-state index in [1.165, 1.54) is 10.4 Å². The molecular formula is C23H31N3O5S2. The normalized spacial score (nSPS) is 18.8. The second-order valence-electron chi connectivity index (χ2n) is 8.13. The van der Waals surface area contributed by atoms with Gasteiger partial charge in [-0.05, 0) is 36.1 Å². The summed E-state index contributed by atoms with van der Waals surface area (Å²) in [4.78, 5) is 16.5. The van der Waals surface area contributed by atoms with Gasteiger partial charge in [-0.2, -0.15) is 4.31 Å². The topological polar surface area (TPSA) is 88.2 Å². The number of carbonyl (C=O) groups is 1. The van der Waals surface area contributed by atoms with E-state index in [9.17, 15) is 13.2 Å². The molecule has 0 aliphatic carbocycles. The number of amides is 1. The smallest absolute Gasteiger partial charge is 0.251 e. The number of anilines is 1. The Bertz CT molecular complexity index is 1030. The van der Waals surface area contributed by atoms with Crippen molar-refractivity contribution in [2.24, 2.45) is 0 Å². The van der Waals surface area contributed by atoms with E-state index in [1.54, 1.807) is 23.5 Å². The lowest BCUT2D eigenvalue weighted by Crippen LogP contribution is -2.42. The van der Waals surface area contributed by atoms with E-state index in [1.807, 2.05) is 22.4 Å². The molecular weight excluding hydrogens is 462 g/mol.